The normalized spacial score (nSPS) is 16.8. The number of urea groups is 1. The lowest BCUT2D eigenvalue weighted by atomic mass is 9.69. The molecule has 0 aliphatic heterocycles. The first-order valence-electron chi connectivity index (χ1n) is 11.1. The molecule has 4 rings (SSSR count). The molecule has 3 amide bonds. The molecule has 8 heteroatoms. The minimum Gasteiger partial charge on any atom is -0.452 e. The number of imide groups is 1. The topological polar surface area (TPSA) is 111 Å². The number of esters is 1. The average Bonchev–Trinajstić information content (AvgIpc) is 3.28. The maximum absolute atomic E-state index is 13.3. The second-order valence-corrected chi connectivity index (χ2v) is 10.5. The van der Waals surface area contributed by atoms with E-state index >= 15 is 0 Å². The summed E-state index contributed by atoms with van der Waals surface area (Å²) < 4.78 is 5.32. The fourth-order valence-corrected chi connectivity index (χ4v) is 4.97. The summed E-state index contributed by atoms with van der Waals surface area (Å²) in [4.78, 5) is 42.2. The predicted molar refractivity (Wildman–Crippen MR) is 133 cm³/mol. The molecule has 0 fully saturated rings. The number of carbonyl (C=O) groups excluding carboxylic acids is 3. The number of fused-ring (bicyclic) bond motifs is 2. The SMILES string of the molecule is CC(C)(C)C1C/C(=C\c2cccs2)c2nc3ccccc3c(C(=O)OCC(=O)NC(N)=O)c2C1. The largest absolute Gasteiger partial charge is 0.452 e. The van der Waals surface area contributed by atoms with E-state index in [4.69, 9.17) is 15.5 Å². The molecule has 3 aromatic rings. The third-order valence-corrected chi connectivity index (χ3v) is 6.92. The van der Waals surface area contributed by atoms with Gasteiger partial charge in [-0.3, -0.25) is 10.1 Å². The molecule has 7 nitrogen and oxygen atoms in total. The average molecular weight is 478 g/mol. The number of allylic oxidation sites excluding steroid dienone is 1. The van der Waals surface area contributed by atoms with E-state index in [2.05, 4.69) is 32.9 Å². The zero-order chi connectivity index (χ0) is 24.5. The minimum absolute atomic E-state index is 0.000420. The number of hydrogen-bond donors (Lipinski definition) is 2. The number of nitrogens with zero attached hydrogens (tertiary/aromatic N) is 1. The van der Waals surface area contributed by atoms with Crippen LogP contribution >= 0.6 is 11.3 Å². The van der Waals surface area contributed by atoms with Crippen molar-refractivity contribution in [2.75, 3.05) is 6.61 Å². The number of hydrogen-bond acceptors (Lipinski definition) is 6. The van der Waals surface area contributed by atoms with Crippen LogP contribution in [0.2, 0.25) is 0 Å². The Kier molecular flexibility index (Phi) is 6.52. The van der Waals surface area contributed by atoms with E-state index in [0.717, 1.165) is 28.1 Å². The Hall–Kier alpha value is -3.52. The number of primary amides is 1. The third-order valence-electron chi connectivity index (χ3n) is 6.10. The van der Waals surface area contributed by atoms with Gasteiger partial charge in [-0.1, -0.05) is 45.0 Å². The molecule has 1 unspecified atom stereocenters. The summed E-state index contributed by atoms with van der Waals surface area (Å²) in [5, 5.41) is 4.62. The van der Waals surface area contributed by atoms with Crippen LogP contribution in [-0.4, -0.2) is 29.5 Å². The van der Waals surface area contributed by atoms with Gasteiger partial charge in [0.25, 0.3) is 5.91 Å². The number of para-hydroxylation sites is 1. The molecule has 176 valence electrons. The van der Waals surface area contributed by atoms with E-state index in [-0.39, 0.29) is 11.3 Å². The summed E-state index contributed by atoms with van der Waals surface area (Å²) >= 11 is 1.65. The van der Waals surface area contributed by atoms with Crippen LogP contribution in [0, 0.1) is 11.3 Å². The Morgan fingerprint density at radius 2 is 1.94 bits per heavy atom. The first kappa shape index (κ1) is 23.6. The molecule has 0 radical (unpaired) electrons. The molecule has 2 heterocycles. The zero-order valence-corrected chi connectivity index (χ0v) is 20.2. The zero-order valence-electron chi connectivity index (χ0n) is 19.4. The molecule has 0 saturated carbocycles. The molecule has 1 aliphatic rings. The van der Waals surface area contributed by atoms with Crippen LogP contribution in [0.25, 0.3) is 22.6 Å². The van der Waals surface area contributed by atoms with Gasteiger partial charge in [-0.05, 0) is 58.9 Å². The number of ether oxygens (including phenoxy) is 1. The summed E-state index contributed by atoms with van der Waals surface area (Å²) in [6, 6.07) is 10.5. The number of pyridine rings is 1. The minimum atomic E-state index is -0.996. The maximum Gasteiger partial charge on any atom is 0.339 e. The highest BCUT2D eigenvalue weighted by molar-refractivity contribution is 7.10. The van der Waals surface area contributed by atoms with Crippen molar-refractivity contribution in [2.45, 2.75) is 33.6 Å². The van der Waals surface area contributed by atoms with E-state index in [1.165, 1.54) is 0 Å². The number of benzene rings is 1. The van der Waals surface area contributed by atoms with E-state index in [9.17, 15) is 14.4 Å². The van der Waals surface area contributed by atoms with Crippen molar-refractivity contribution in [1.82, 2.24) is 10.3 Å². The van der Waals surface area contributed by atoms with Gasteiger partial charge in [0.15, 0.2) is 6.61 Å². The predicted octanol–water partition coefficient (Wildman–Crippen LogP) is 4.80. The van der Waals surface area contributed by atoms with E-state index in [0.29, 0.717) is 22.9 Å². The Morgan fingerprint density at radius 1 is 1.18 bits per heavy atom. The number of aromatic nitrogens is 1. The van der Waals surface area contributed by atoms with Gasteiger partial charge in [0.2, 0.25) is 0 Å². The lowest BCUT2D eigenvalue weighted by molar-refractivity contribution is -0.123. The highest BCUT2D eigenvalue weighted by Gasteiger charge is 2.35. The van der Waals surface area contributed by atoms with Gasteiger partial charge in [0.05, 0.1) is 16.8 Å². The Morgan fingerprint density at radius 3 is 2.62 bits per heavy atom. The Labute approximate surface area is 202 Å². The van der Waals surface area contributed by atoms with Gasteiger partial charge >= 0.3 is 12.0 Å². The lowest BCUT2D eigenvalue weighted by Crippen LogP contribution is -2.38. The number of nitrogens with two attached hydrogens (primary N) is 1. The first-order chi connectivity index (χ1) is 16.1. The van der Waals surface area contributed by atoms with E-state index in [1.807, 2.05) is 41.0 Å². The molecular formula is C26H27N3O4S. The number of rotatable bonds is 4. The standard InChI is InChI=1S/C26H27N3O4S/c1-26(2,3)16-11-15(12-17-7-6-10-34-17)23-19(13-16)22(18-8-4-5-9-20(18)28-23)24(31)33-14-21(30)29-25(27)32/h4-10,12,16H,11,13-14H2,1-3H3,(H3,27,29,30,32)/b15-12+. The Bertz CT molecular complexity index is 1290. The summed E-state index contributed by atoms with van der Waals surface area (Å²) in [7, 11) is 0. The van der Waals surface area contributed by atoms with Crippen LogP contribution < -0.4 is 11.1 Å². The molecule has 34 heavy (non-hydrogen) atoms. The van der Waals surface area contributed by atoms with Crippen LogP contribution in [-0.2, 0) is 16.0 Å². The highest BCUT2D eigenvalue weighted by Crippen LogP contribution is 2.45. The van der Waals surface area contributed by atoms with Crippen molar-refractivity contribution in [1.29, 1.82) is 0 Å². The molecule has 2 aromatic heterocycles. The smallest absolute Gasteiger partial charge is 0.339 e. The van der Waals surface area contributed by atoms with Crippen LogP contribution in [0.3, 0.4) is 0 Å². The summed E-state index contributed by atoms with van der Waals surface area (Å²) in [5.41, 5.74) is 8.77. The lowest BCUT2D eigenvalue weighted by Gasteiger charge is -2.36. The molecule has 0 bridgehead atoms. The summed E-state index contributed by atoms with van der Waals surface area (Å²) in [6.07, 6.45) is 3.66. The van der Waals surface area contributed by atoms with Gasteiger partial charge in [0.1, 0.15) is 0 Å². The monoisotopic (exact) mass is 477 g/mol. The first-order valence-corrected chi connectivity index (χ1v) is 11.9. The summed E-state index contributed by atoms with van der Waals surface area (Å²) in [5.74, 6) is -1.13. The van der Waals surface area contributed by atoms with Crippen molar-refractivity contribution in [3.8, 4) is 0 Å². The van der Waals surface area contributed by atoms with Crippen molar-refractivity contribution in [2.24, 2.45) is 17.1 Å². The Balaban J connectivity index is 1.85. The molecule has 1 atom stereocenters. The van der Waals surface area contributed by atoms with Gasteiger partial charge in [0, 0.05) is 10.3 Å². The van der Waals surface area contributed by atoms with Crippen LogP contribution in [0.15, 0.2) is 41.8 Å². The van der Waals surface area contributed by atoms with Crippen LogP contribution in [0.4, 0.5) is 4.79 Å². The highest BCUT2D eigenvalue weighted by atomic mass is 32.1. The summed E-state index contributed by atoms with van der Waals surface area (Å²) in [6.45, 7) is 6.00. The van der Waals surface area contributed by atoms with Gasteiger partial charge in [-0.15, -0.1) is 11.3 Å². The molecule has 0 spiro atoms. The van der Waals surface area contributed by atoms with E-state index in [1.54, 1.807) is 11.3 Å². The molecule has 0 saturated heterocycles. The van der Waals surface area contributed by atoms with Gasteiger partial charge in [-0.2, -0.15) is 0 Å². The third kappa shape index (κ3) is 5.02. The van der Waals surface area contributed by atoms with Crippen LogP contribution in [0.1, 0.15) is 53.7 Å². The number of thiophene rings is 1. The maximum atomic E-state index is 13.3. The van der Waals surface area contributed by atoms with Crippen molar-refractivity contribution in [3.05, 3.63) is 63.5 Å². The number of nitrogens with one attached hydrogen (secondary N) is 1. The van der Waals surface area contributed by atoms with Crippen molar-refractivity contribution in [3.63, 3.8) is 0 Å². The fourth-order valence-electron chi connectivity index (χ4n) is 4.29. The molecule has 1 aliphatic carbocycles. The second kappa shape index (κ2) is 9.38. The van der Waals surface area contributed by atoms with Gasteiger partial charge < -0.3 is 10.5 Å². The van der Waals surface area contributed by atoms with Crippen molar-refractivity contribution >= 4 is 51.8 Å². The molecule has 1 aromatic carbocycles. The number of carbonyl (C=O) groups is 3. The van der Waals surface area contributed by atoms with E-state index < -0.39 is 24.5 Å². The van der Waals surface area contributed by atoms with Gasteiger partial charge in [-0.25, -0.2) is 14.6 Å². The molecule has 3 N–H and O–H groups in total. The van der Waals surface area contributed by atoms with Crippen molar-refractivity contribution < 1.29 is 19.1 Å². The quantitative estimate of drug-likeness (QED) is 0.525. The second-order valence-electron chi connectivity index (χ2n) is 9.48. The number of amides is 3. The van der Waals surface area contributed by atoms with Crippen LogP contribution in [0.5, 0.6) is 0 Å². The fraction of sp³-hybridized carbons (Fsp3) is 0.308. The molecular weight excluding hydrogens is 450 g/mol.